The number of hydrogen-bond donors (Lipinski definition) is 0. The van der Waals surface area contributed by atoms with Crippen LogP contribution >= 0.6 is 0 Å². The monoisotopic (exact) mass is 421 g/mol. The first-order chi connectivity index (χ1) is 14.2. The summed E-state index contributed by atoms with van der Waals surface area (Å²) in [6.45, 7) is -0.0966. The van der Waals surface area contributed by atoms with Crippen molar-refractivity contribution in [3.05, 3.63) is 75.1 Å². The Morgan fingerprint density at radius 2 is 1.73 bits per heavy atom. The number of carbonyl (C=O) groups excluding carboxylic acids is 1. The molecule has 3 rings (SSSR count). The molecule has 30 heavy (non-hydrogen) atoms. The van der Waals surface area contributed by atoms with Crippen LogP contribution in [0.2, 0.25) is 0 Å². The first kappa shape index (κ1) is 20.8. The molecule has 2 aromatic heterocycles. The maximum absolute atomic E-state index is 13.0. The molecule has 0 radical (unpaired) electrons. The summed E-state index contributed by atoms with van der Waals surface area (Å²) in [5.74, 6) is 0.586. The predicted octanol–water partition coefficient (Wildman–Crippen LogP) is 2.32. The van der Waals surface area contributed by atoms with E-state index in [0.29, 0.717) is 33.0 Å². The molecule has 0 aliphatic heterocycles. The molecular weight excluding hydrogens is 407 g/mol. The van der Waals surface area contributed by atoms with E-state index in [4.69, 9.17) is 9.47 Å². The van der Waals surface area contributed by atoms with Crippen molar-refractivity contribution in [2.45, 2.75) is 6.18 Å². The summed E-state index contributed by atoms with van der Waals surface area (Å²) in [5, 5.41) is 0. The molecule has 0 saturated heterocycles. The van der Waals surface area contributed by atoms with Gasteiger partial charge in [-0.1, -0.05) is 6.07 Å². The minimum Gasteiger partial charge on any atom is -0.486 e. The van der Waals surface area contributed by atoms with E-state index in [1.54, 1.807) is 12.1 Å². The summed E-state index contributed by atoms with van der Waals surface area (Å²) in [5.41, 5.74) is -3.74. The SMILES string of the molecule is Cn1c(C(F)(F)F)cc(=O)n(-c2cccc(Oc3ccc(OCC=O)cc3)n2)c1=O. The number of pyridine rings is 1. The Labute approximate surface area is 166 Å². The average Bonchev–Trinajstić information content (AvgIpc) is 2.70. The Balaban J connectivity index is 1.93. The Hall–Kier alpha value is -3.89. The van der Waals surface area contributed by atoms with Crippen LogP contribution in [0.15, 0.2) is 58.1 Å². The highest BCUT2D eigenvalue weighted by atomic mass is 19.4. The third-order valence-electron chi connectivity index (χ3n) is 3.91. The quantitative estimate of drug-likeness (QED) is 0.568. The molecule has 3 aromatic rings. The van der Waals surface area contributed by atoms with Gasteiger partial charge >= 0.3 is 11.9 Å². The van der Waals surface area contributed by atoms with Gasteiger partial charge in [0.25, 0.3) is 5.56 Å². The van der Waals surface area contributed by atoms with Gasteiger partial charge in [-0.2, -0.15) is 18.2 Å². The summed E-state index contributed by atoms with van der Waals surface area (Å²) in [7, 11) is 0.912. The van der Waals surface area contributed by atoms with Crippen molar-refractivity contribution in [2.24, 2.45) is 7.05 Å². The topological polar surface area (TPSA) is 92.4 Å². The van der Waals surface area contributed by atoms with Crippen molar-refractivity contribution < 1.29 is 27.4 Å². The van der Waals surface area contributed by atoms with Crippen LogP contribution in [0.25, 0.3) is 5.82 Å². The molecular formula is C19H14F3N3O5. The third-order valence-corrected chi connectivity index (χ3v) is 3.91. The number of halogens is 3. The van der Waals surface area contributed by atoms with Gasteiger partial charge in [-0.3, -0.25) is 14.2 Å². The predicted molar refractivity (Wildman–Crippen MR) is 98.2 cm³/mol. The zero-order valence-corrected chi connectivity index (χ0v) is 15.4. The fourth-order valence-electron chi connectivity index (χ4n) is 2.55. The van der Waals surface area contributed by atoms with E-state index < -0.39 is 23.1 Å². The highest BCUT2D eigenvalue weighted by Gasteiger charge is 2.35. The fraction of sp³-hybridized carbons (Fsp3) is 0.158. The molecule has 0 atom stereocenters. The van der Waals surface area contributed by atoms with Crippen LogP contribution in [0.3, 0.4) is 0 Å². The molecule has 2 heterocycles. The van der Waals surface area contributed by atoms with Crippen molar-refractivity contribution in [3.63, 3.8) is 0 Å². The summed E-state index contributed by atoms with van der Waals surface area (Å²) < 4.78 is 50.4. The van der Waals surface area contributed by atoms with Crippen molar-refractivity contribution >= 4 is 6.29 Å². The minimum atomic E-state index is -4.86. The van der Waals surface area contributed by atoms with Crippen LogP contribution in [0.5, 0.6) is 17.4 Å². The summed E-state index contributed by atoms with van der Waals surface area (Å²) in [6.07, 6.45) is -4.25. The lowest BCUT2D eigenvalue weighted by Crippen LogP contribution is -2.41. The summed E-state index contributed by atoms with van der Waals surface area (Å²) >= 11 is 0. The number of aromatic nitrogens is 3. The largest absolute Gasteiger partial charge is 0.486 e. The van der Waals surface area contributed by atoms with E-state index in [2.05, 4.69) is 4.98 Å². The molecule has 0 saturated carbocycles. The molecule has 8 nitrogen and oxygen atoms in total. The van der Waals surface area contributed by atoms with Crippen molar-refractivity contribution in [3.8, 4) is 23.2 Å². The smallest absolute Gasteiger partial charge is 0.431 e. The lowest BCUT2D eigenvalue weighted by Gasteiger charge is -2.14. The van der Waals surface area contributed by atoms with Crippen LogP contribution in [-0.4, -0.2) is 27.0 Å². The number of rotatable bonds is 6. The Morgan fingerprint density at radius 1 is 1.07 bits per heavy atom. The number of ether oxygens (including phenoxy) is 2. The normalized spacial score (nSPS) is 11.2. The maximum Gasteiger partial charge on any atom is 0.431 e. The van der Waals surface area contributed by atoms with E-state index >= 15 is 0 Å². The molecule has 1 aromatic carbocycles. The van der Waals surface area contributed by atoms with Crippen molar-refractivity contribution in [1.82, 2.24) is 14.1 Å². The van der Waals surface area contributed by atoms with E-state index in [-0.39, 0.29) is 18.3 Å². The Bertz CT molecular complexity index is 1180. The van der Waals surface area contributed by atoms with Crippen LogP contribution in [0.1, 0.15) is 5.69 Å². The number of nitrogens with zero attached hydrogens (tertiary/aromatic N) is 3. The molecule has 0 fully saturated rings. The van der Waals surface area contributed by atoms with Crippen LogP contribution in [-0.2, 0) is 18.0 Å². The fourth-order valence-corrected chi connectivity index (χ4v) is 2.55. The van der Waals surface area contributed by atoms with Gasteiger partial charge in [0, 0.05) is 19.2 Å². The standard InChI is InChI=1S/C19H14F3N3O5/c1-24-14(19(20,21)22)11-17(27)25(18(24)28)15-3-2-4-16(23-15)30-13-7-5-12(6-8-13)29-10-9-26/h2-9,11H,10H2,1H3. The van der Waals surface area contributed by atoms with E-state index in [1.165, 1.54) is 30.3 Å². The third kappa shape index (κ3) is 4.40. The minimum absolute atomic E-state index is 0.00270. The second kappa shape index (κ2) is 8.23. The van der Waals surface area contributed by atoms with Gasteiger partial charge in [-0.05, 0) is 30.3 Å². The number of aldehydes is 1. The van der Waals surface area contributed by atoms with Gasteiger partial charge in [0.1, 0.15) is 29.6 Å². The summed E-state index contributed by atoms with van der Waals surface area (Å²) in [4.78, 5) is 38.9. The second-order valence-corrected chi connectivity index (χ2v) is 5.93. The average molecular weight is 421 g/mol. The molecule has 0 unspecified atom stereocenters. The van der Waals surface area contributed by atoms with E-state index in [0.717, 1.165) is 7.05 Å². The number of alkyl halides is 3. The van der Waals surface area contributed by atoms with Gasteiger partial charge < -0.3 is 9.47 Å². The van der Waals surface area contributed by atoms with Crippen molar-refractivity contribution in [1.29, 1.82) is 0 Å². The lowest BCUT2D eigenvalue weighted by atomic mass is 10.3. The van der Waals surface area contributed by atoms with Gasteiger partial charge in [0.2, 0.25) is 5.88 Å². The second-order valence-electron chi connectivity index (χ2n) is 5.93. The first-order valence-corrected chi connectivity index (χ1v) is 8.43. The van der Waals surface area contributed by atoms with Gasteiger partial charge in [-0.25, -0.2) is 9.36 Å². The van der Waals surface area contributed by atoms with Gasteiger partial charge in [0.15, 0.2) is 6.29 Å². The Kier molecular flexibility index (Phi) is 5.72. The van der Waals surface area contributed by atoms with E-state index in [1.807, 2.05) is 0 Å². The number of benzene rings is 1. The molecule has 0 spiro atoms. The molecule has 0 aliphatic carbocycles. The molecule has 156 valence electrons. The highest BCUT2D eigenvalue weighted by Crippen LogP contribution is 2.27. The molecule has 11 heteroatoms. The van der Waals surface area contributed by atoms with Crippen LogP contribution < -0.4 is 20.7 Å². The highest BCUT2D eigenvalue weighted by molar-refractivity contribution is 5.51. The Morgan fingerprint density at radius 3 is 2.37 bits per heavy atom. The zero-order chi connectivity index (χ0) is 21.9. The lowest BCUT2D eigenvalue weighted by molar-refractivity contribution is -0.144. The van der Waals surface area contributed by atoms with Crippen molar-refractivity contribution in [2.75, 3.05) is 6.61 Å². The zero-order valence-electron chi connectivity index (χ0n) is 15.4. The van der Waals surface area contributed by atoms with Gasteiger partial charge in [0.05, 0.1) is 0 Å². The van der Waals surface area contributed by atoms with Gasteiger partial charge in [-0.15, -0.1) is 0 Å². The number of carbonyl (C=O) groups is 1. The maximum atomic E-state index is 13.0. The number of hydrogen-bond acceptors (Lipinski definition) is 6. The molecule has 0 bridgehead atoms. The first-order valence-electron chi connectivity index (χ1n) is 8.43. The van der Waals surface area contributed by atoms with Crippen LogP contribution in [0, 0.1) is 0 Å². The van der Waals surface area contributed by atoms with E-state index in [9.17, 15) is 27.6 Å². The van der Waals surface area contributed by atoms with Crippen LogP contribution in [0.4, 0.5) is 13.2 Å². The molecule has 0 N–H and O–H groups in total. The summed E-state index contributed by atoms with van der Waals surface area (Å²) in [6, 6.07) is 10.7. The molecule has 0 aliphatic rings. The molecule has 0 amide bonds.